The first-order valence-corrected chi connectivity index (χ1v) is 9.76. The highest BCUT2D eigenvalue weighted by Gasteiger charge is 2.19. The number of pyridine rings is 1. The molecule has 0 unspecified atom stereocenters. The Balaban J connectivity index is 1.56. The molecule has 1 aromatic carbocycles. The maximum Gasteiger partial charge on any atom is 0.341 e. The van der Waals surface area contributed by atoms with Crippen LogP contribution in [0.3, 0.4) is 0 Å². The van der Waals surface area contributed by atoms with Gasteiger partial charge in [-0.2, -0.15) is 0 Å². The average molecular weight is 407 g/mol. The monoisotopic (exact) mass is 406 g/mol. The lowest BCUT2D eigenvalue weighted by molar-refractivity contribution is -0.124. The second-order valence-corrected chi connectivity index (χ2v) is 7.34. The predicted octanol–water partition coefficient (Wildman–Crippen LogP) is 3.34. The average Bonchev–Trinajstić information content (AvgIpc) is 3.20. The fourth-order valence-electron chi connectivity index (χ4n) is 2.55. The van der Waals surface area contributed by atoms with Crippen LogP contribution in [0.2, 0.25) is 5.02 Å². The fraction of sp³-hybridized carbons (Fsp3) is 0.316. The SMILES string of the molecule is O=C(COC(=O)c1cccnc1Sc1ccccc1Cl)NC[C@@H]1CCCO1. The van der Waals surface area contributed by atoms with Gasteiger partial charge < -0.3 is 14.8 Å². The molecule has 1 amide bonds. The molecule has 0 radical (unpaired) electrons. The van der Waals surface area contributed by atoms with Gasteiger partial charge in [-0.15, -0.1) is 0 Å². The molecule has 2 aromatic rings. The second-order valence-electron chi connectivity index (χ2n) is 5.90. The molecule has 1 N–H and O–H groups in total. The van der Waals surface area contributed by atoms with Crippen molar-refractivity contribution in [3.05, 3.63) is 53.2 Å². The summed E-state index contributed by atoms with van der Waals surface area (Å²) in [6.45, 7) is 0.802. The molecule has 0 spiro atoms. The number of amides is 1. The molecule has 1 aromatic heterocycles. The van der Waals surface area contributed by atoms with Gasteiger partial charge in [-0.1, -0.05) is 35.5 Å². The Morgan fingerprint density at radius 3 is 2.93 bits per heavy atom. The van der Waals surface area contributed by atoms with Crippen LogP contribution in [-0.4, -0.2) is 42.7 Å². The van der Waals surface area contributed by atoms with Crippen molar-refractivity contribution in [2.45, 2.75) is 28.9 Å². The zero-order valence-corrected chi connectivity index (χ0v) is 16.1. The number of nitrogens with zero attached hydrogens (tertiary/aromatic N) is 1. The summed E-state index contributed by atoms with van der Waals surface area (Å²) in [5, 5.41) is 3.75. The summed E-state index contributed by atoms with van der Waals surface area (Å²) < 4.78 is 10.6. The summed E-state index contributed by atoms with van der Waals surface area (Å²) in [7, 11) is 0. The van der Waals surface area contributed by atoms with Crippen molar-refractivity contribution in [1.82, 2.24) is 10.3 Å². The zero-order valence-electron chi connectivity index (χ0n) is 14.5. The first-order valence-electron chi connectivity index (χ1n) is 8.56. The molecular weight excluding hydrogens is 388 g/mol. The van der Waals surface area contributed by atoms with Crippen molar-refractivity contribution in [2.75, 3.05) is 19.8 Å². The second kappa shape index (κ2) is 9.73. The molecule has 1 aliphatic rings. The Kier molecular flexibility index (Phi) is 7.09. The van der Waals surface area contributed by atoms with Crippen molar-refractivity contribution < 1.29 is 19.1 Å². The molecular formula is C19H19ClN2O4S. The van der Waals surface area contributed by atoms with Gasteiger partial charge in [0, 0.05) is 24.2 Å². The maximum absolute atomic E-state index is 12.4. The largest absolute Gasteiger partial charge is 0.452 e. The third kappa shape index (κ3) is 5.69. The zero-order chi connectivity index (χ0) is 19.1. The van der Waals surface area contributed by atoms with Crippen LogP contribution < -0.4 is 5.32 Å². The number of carbonyl (C=O) groups is 2. The Labute approximate surface area is 166 Å². The molecule has 27 heavy (non-hydrogen) atoms. The van der Waals surface area contributed by atoms with Crippen molar-refractivity contribution in [3.63, 3.8) is 0 Å². The minimum Gasteiger partial charge on any atom is -0.452 e. The van der Waals surface area contributed by atoms with Gasteiger partial charge in [-0.05, 0) is 37.1 Å². The Morgan fingerprint density at radius 1 is 1.30 bits per heavy atom. The van der Waals surface area contributed by atoms with E-state index < -0.39 is 5.97 Å². The molecule has 0 bridgehead atoms. The summed E-state index contributed by atoms with van der Waals surface area (Å²) in [5.41, 5.74) is 0.286. The number of benzene rings is 1. The summed E-state index contributed by atoms with van der Waals surface area (Å²) in [6.07, 6.45) is 3.56. The highest BCUT2D eigenvalue weighted by molar-refractivity contribution is 7.99. The Hall–Kier alpha value is -2.09. The molecule has 1 atom stereocenters. The lowest BCUT2D eigenvalue weighted by atomic mass is 10.2. The lowest BCUT2D eigenvalue weighted by Gasteiger charge is -2.11. The lowest BCUT2D eigenvalue weighted by Crippen LogP contribution is -2.34. The van der Waals surface area contributed by atoms with Crippen LogP contribution in [0.15, 0.2) is 52.5 Å². The number of rotatable bonds is 7. The molecule has 1 aliphatic heterocycles. The summed E-state index contributed by atoms with van der Waals surface area (Å²) >= 11 is 7.44. The number of nitrogens with one attached hydrogen (secondary N) is 1. The van der Waals surface area contributed by atoms with E-state index in [1.54, 1.807) is 24.4 Å². The van der Waals surface area contributed by atoms with E-state index in [-0.39, 0.29) is 24.2 Å². The van der Waals surface area contributed by atoms with E-state index in [4.69, 9.17) is 21.1 Å². The van der Waals surface area contributed by atoms with Crippen LogP contribution in [0.1, 0.15) is 23.2 Å². The van der Waals surface area contributed by atoms with E-state index in [2.05, 4.69) is 10.3 Å². The summed E-state index contributed by atoms with van der Waals surface area (Å²) in [4.78, 5) is 29.3. The maximum atomic E-state index is 12.4. The Morgan fingerprint density at radius 2 is 2.15 bits per heavy atom. The van der Waals surface area contributed by atoms with Gasteiger partial charge in [0.15, 0.2) is 6.61 Å². The number of hydrogen-bond donors (Lipinski definition) is 1. The molecule has 2 heterocycles. The van der Waals surface area contributed by atoms with E-state index in [9.17, 15) is 9.59 Å². The van der Waals surface area contributed by atoms with Crippen LogP contribution in [0.4, 0.5) is 0 Å². The van der Waals surface area contributed by atoms with Crippen LogP contribution in [0.5, 0.6) is 0 Å². The van der Waals surface area contributed by atoms with Crippen molar-refractivity contribution in [1.29, 1.82) is 0 Å². The minimum absolute atomic E-state index is 0.0431. The van der Waals surface area contributed by atoms with Gasteiger partial charge in [0.2, 0.25) is 0 Å². The predicted molar refractivity (Wildman–Crippen MR) is 102 cm³/mol. The molecule has 8 heteroatoms. The molecule has 6 nitrogen and oxygen atoms in total. The van der Waals surface area contributed by atoms with Crippen LogP contribution >= 0.6 is 23.4 Å². The van der Waals surface area contributed by atoms with E-state index in [0.29, 0.717) is 16.6 Å². The Bertz CT molecular complexity index is 812. The van der Waals surface area contributed by atoms with Crippen molar-refractivity contribution >= 4 is 35.2 Å². The molecule has 142 valence electrons. The van der Waals surface area contributed by atoms with Crippen LogP contribution in [0.25, 0.3) is 0 Å². The topological polar surface area (TPSA) is 77.5 Å². The van der Waals surface area contributed by atoms with Gasteiger partial charge in [-0.25, -0.2) is 9.78 Å². The van der Waals surface area contributed by atoms with E-state index in [1.165, 1.54) is 11.8 Å². The number of ether oxygens (including phenoxy) is 2. The standard InChI is InChI=1S/C19H19ClN2O4S/c20-15-7-1-2-8-16(15)27-18-14(6-3-9-21-18)19(24)26-12-17(23)22-11-13-5-4-10-25-13/h1-3,6-9,13H,4-5,10-12H2,(H,22,23)/t13-/m0/s1. The van der Waals surface area contributed by atoms with Crippen molar-refractivity contribution in [3.8, 4) is 0 Å². The van der Waals surface area contributed by atoms with Gasteiger partial charge in [-0.3, -0.25) is 4.79 Å². The quantitative estimate of drug-likeness (QED) is 0.710. The smallest absolute Gasteiger partial charge is 0.341 e. The number of aromatic nitrogens is 1. The third-order valence-corrected chi connectivity index (χ3v) is 5.46. The molecule has 1 fully saturated rings. The highest BCUT2D eigenvalue weighted by Crippen LogP contribution is 2.33. The first kappa shape index (κ1) is 19.7. The first-order chi connectivity index (χ1) is 13.1. The van der Waals surface area contributed by atoms with Gasteiger partial charge in [0.25, 0.3) is 5.91 Å². The highest BCUT2D eigenvalue weighted by atomic mass is 35.5. The van der Waals surface area contributed by atoms with Gasteiger partial charge in [0.05, 0.1) is 16.7 Å². The number of carbonyl (C=O) groups excluding carboxylic acids is 2. The third-order valence-electron chi connectivity index (χ3n) is 3.92. The van der Waals surface area contributed by atoms with Gasteiger partial charge >= 0.3 is 5.97 Å². The fourth-order valence-corrected chi connectivity index (χ4v) is 3.70. The van der Waals surface area contributed by atoms with E-state index in [1.807, 2.05) is 18.2 Å². The van der Waals surface area contributed by atoms with Crippen molar-refractivity contribution in [2.24, 2.45) is 0 Å². The van der Waals surface area contributed by atoms with Gasteiger partial charge in [0.1, 0.15) is 5.03 Å². The molecule has 1 saturated heterocycles. The number of halogens is 1. The summed E-state index contributed by atoms with van der Waals surface area (Å²) in [6, 6.07) is 10.5. The molecule has 0 saturated carbocycles. The van der Waals surface area contributed by atoms with Crippen LogP contribution in [-0.2, 0) is 14.3 Å². The number of esters is 1. The summed E-state index contributed by atoms with van der Waals surface area (Å²) in [5.74, 6) is -0.965. The van der Waals surface area contributed by atoms with Crippen LogP contribution in [0, 0.1) is 0 Å². The van der Waals surface area contributed by atoms with E-state index >= 15 is 0 Å². The normalized spacial score (nSPS) is 16.1. The molecule has 0 aliphatic carbocycles. The van der Waals surface area contributed by atoms with E-state index in [0.717, 1.165) is 24.3 Å². The number of hydrogen-bond acceptors (Lipinski definition) is 6. The minimum atomic E-state index is -0.607. The molecule has 3 rings (SSSR count).